The van der Waals surface area contributed by atoms with E-state index >= 15 is 0 Å². The van der Waals surface area contributed by atoms with E-state index in [1.165, 1.54) is 58.3 Å². The van der Waals surface area contributed by atoms with E-state index in [0.717, 1.165) is 30.9 Å². The lowest BCUT2D eigenvalue weighted by molar-refractivity contribution is 0.180. The Morgan fingerprint density at radius 1 is 0.545 bits per heavy atom. The van der Waals surface area contributed by atoms with Crippen molar-refractivity contribution in [3.63, 3.8) is 0 Å². The van der Waals surface area contributed by atoms with Gasteiger partial charge in [-0.2, -0.15) is 0 Å². The highest BCUT2D eigenvalue weighted by atomic mass is 35.5. The molecule has 0 saturated carbocycles. The molecule has 4 aromatic rings. The lowest BCUT2D eigenvalue weighted by atomic mass is 10.1. The summed E-state index contributed by atoms with van der Waals surface area (Å²) in [5.41, 5.74) is 1.72. The van der Waals surface area contributed by atoms with Gasteiger partial charge < -0.3 is 14.4 Å². The van der Waals surface area contributed by atoms with Gasteiger partial charge in [-0.25, -0.2) is 9.36 Å². The van der Waals surface area contributed by atoms with E-state index in [2.05, 4.69) is 20.0 Å². The average molecular weight is 681 g/mol. The number of rotatable bonds is 11. The number of hydrogen-bond acceptors (Lipinski definition) is 6. The first-order valence-electron chi connectivity index (χ1n) is 15.2. The summed E-state index contributed by atoms with van der Waals surface area (Å²) < 4.78 is 14.9. The van der Waals surface area contributed by atoms with Crippen LogP contribution in [0.1, 0.15) is 38.5 Å². The molecule has 0 bridgehead atoms. The second-order valence-electron chi connectivity index (χ2n) is 10.9. The third-order valence-electron chi connectivity index (χ3n) is 7.64. The third-order valence-corrected chi connectivity index (χ3v) is 9.12. The molecule has 0 N–H and O–H groups in total. The van der Waals surface area contributed by atoms with Crippen molar-refractivity contribution in [2.45, 2.75) is 38.5 Å². The summed E-state index contributed by atoms with van der Waals surface area (Å²) in [5, 5.41) is 10.9. The fourth-order valence-corrected chi connectivity index (χ4v) is 5.83. The van der Waals surface area contributed by atoms with Crippen LogP contribution in [-0.4, -0.2) is 81.8 Å². The van der Waals surface area contributed by atoms with Gasteiger partial charge in [0.15, 0.2) is 0 Å². The summed E-state index contributed by atoms with van der Waals surface area (Å²) in [4.78, 5) is 4.93. The second-order valence-corrected chi connectivity index (χ2v) is 12.5. The zero-order valence-corrected chi connectivity index (χ0v) is 27.7. The van der Waals surface area contributed by atoms with Gasteiger partial charge in [-0.3, -0.25) is 4.90 Å². The van der Waals surface area contributed by atoms with Crippen LogP contribution in [0, 0.1) is 0 Å². The first kappa shape index (κ1) is 32.9. The summed E-state index contributed by atoms with van der Waals surface area (Å²) in [5.74, 6) is 1.26. The molecule has 0 amide bonds. The zero-order chi connectivity index (χ0) is 30.7. The molecule has 2 aromatic heterocycles. The molecule has 236 valence electrons. The van der Waals surface area contributed by atoms with Gasteiger partial charge in [-0.15, -0.1) is 10.2 Å². The first-order valence-corrected chi connectivity index (χ1v) is 16.7. The van der Waals surface area contributed by atoms with Crippen LogP contribution in [-0.2, 0) is 0 Å². The number of nitrogens with zero attached hydrogens (tertiary/aromatic N) is 6. The summed E-state index contributed by atoms with van der Waals surface area (Å²) in [6.07, 6.45) is 11.3. The molecule has 4 heterocycles. The molecule has 44 heavy (non-hydrogen) atoms. The van der Waals surface area contributed by atoms with Crippen LogP contribution >= 0.6 is 46.4 Å². The van der Waals surface area contributed by atoms with Crippen molar-refractivity contribution in [3.05, 3.63) is 81.0 Å². The molecule has 0 aliphatic carbocycles. The van der Waals surface area contributed by atoms with Crippen LogP contribution in [0.2, 0.25) is 20.1 Å². The lowest BCUT2D eigenvalue weighted by Gasteiger charge is -2.25. The zero-order valence-electron chi connectivity index (χ0n) is 24.7. The quantitative estimate of drug-likeness (QED) is 0.149. The molecule has 0 unspecified atom stereocenters. The van der Waals surface area contributed by atoms with Gasteiger partial charge in [-0.1, -0.05) is 52.8 Å². The second kappa shape index (κ2) is 16.7. The number of piperidine rings is 1. The molecule has 2 aromatic carbocycles. The topological polar surface area (TPSA) is 60.6 Å². The minimum Gasteiger partial charge on any atom is -0.477 e. The normalized spacial score (nSPS) is 15.6. The van der Waals surface area contributed by atoms with Gasteiger partial charge in [0, 0.05) is 37.6 Å². The van der Waals surface area contributed by atoms with Crippen LogP contribution in [0.15, 0.2) is 60.9 Å². The standard InChI is InChI=1S/2C16H19Cl2N3O/c17-14-5-4-13(12-15(14)18)21-10-6-16(19-21)22-11-3-9-20-7-1-2-8-20;17-14-5-4-13(12-15(14)18)21-9-6-16(19-21)22-11-10-20-7-2-1-3-8-20/h4-6,10,12H,1-3,7-9,11H2;4-6,9,12H,1-3,7-8,10-11H2. The fraction of sp³-hybridized carbons (Fsp3) is 0.438. The number of benzene rings is 2. The Morgan fingerprint density at radius 2 is 1.02 bits per heavy atom. The van der Waals surface area contributed by atoms with Gasteiger partial charge in [0.25, 0.3) is 0 Å². The van der Waals surface area contributed by atoms with Crippen molar-refractivity contribution in [3.8, 4) is 23.1 Å². The van der Waals surface area contributed by atoms with Crippen LogP contribution in [0.5, 0.6) is 11.8 Å². The summed E-state index contributed by atoms with van der Waals surface area (Å²) in [7, 11) is 0. The van der Waals surface area contributed by atoms with Crippen LogP contribution in [0.25, 0.3) is 11.4 Å². The largest absolute Gasteiger partial charge is 0.477 e. The molecular weight excluding hydrogens is 642 g/mol. The van der Waals surface area contributed by atoms with E-state index in [0.29, 0.717) is 45.1 Å². The maximum Gasteiger partial charge on any atom is 0.233 e. The molecule has 2 aliphatic rings. The van der Waals surface area contributed by atoms with Crippen molar-refractivity contribution in [2.24, 2.45) is 0 Å². The predicted molar refractivity (Wildman–Crippen MR) is 179 cm³/mol. The SMILES string of the molecule is Clc1ccc(-n2ccc(OCCCN3CCCC3)n2)cc1Cl.Clc1ccc(-n2ccc(OCCN3CCCCC3)n2)cc1Cl. The Kier molecular flexibility index (Phi) is 12.5. The Balaban J connectivity index is 0.000000175. The van der Waals surface area contributed by atoms with E-state index in [1.807, 2.05) is 36.7 Å². The predicted octanol–water partition coefficient (Wildman–Crippen LogP) is 8.09. The van der Waals surface area contributed by atoms with Gasteiger partial charge in [-0.05, 0) is 94.7 Å². The Labute approximate surface area is 279 Å². The highest BCUT2D eigenvalue weighted by Gasteiger charge is 2.12. The van der Waals surface area contributed by atoms with Crippen molar-refractivity contribution in [1.82, 2.24) is 29.4 Å². The maximum absolute atomic E-state index is 6.03. The number of ether oxygens (including phenoxy) is 2. The van der Waals surface area contributed by atoms with E-state index in [-0.39, 0.29) is 0 Å². The van der Waals surface area contributed by atoms with Crippen LogP contribution in [0.4, 0.5) is 0 Å². The molecule has 2 aliphatic heterocycles. The molecular formula is C32H38Cl4N6O2. The monoisotopic (exact) mass is 678 g/mol. The molecule has 2 fully saturated rings. The minimum atomic E-state index is 0.516. The molecule has 0 spiro atoms. The van der Waals surface area contributed by atoms with Gasteiger partial charge in [0.05, 0.1) is 38.1 Å². The Morgan fingerprint density at radius 3 is 1.55 bits per heavy atom. The third kappa shape index (κ3) is 9.77. The number of likely N-dealkylation sites (tertiary alicyclic amines) is 2. The van der Waals surface area contributed by atoms with E-state index in [4.69, 9.17) is 55.9 Å². The molecule has 0 radical (unpaired) electrons. The van der Waals surface area contributed by atoms with Crippen molar-refractivity contribution >= 4 is 46.4 Å². The maximum atomic E-state index is 6.03. The average Bonchev–Trinajstić information content (AvgIpc) is 3.82. The highest BCUT2D eigenvalue weighted by Crippen LogP contribution is 2.26. The van der Waals surface area contributed by atoms with E-state index in [9.17, 15) is 0 Å². The molecule has 6 rings (SSSR count). The highest BCUT2D eigenvalue weighted by molar-refractivity contribution is 6.42. The Hall–Kier alpha value is -2.46. The summed E-state index contributed by atoms with van der Waals surface area (Å²) in [6.45, 7) is 8.24. The van der Waals surface area contributed by atoms with E-state index in [1.54, 1.807) is 33.6 Å². The van der Waals surface area contributed by atoms with Crippen molar-refractivity contribution in [2.75, 3.05) is 52.5 Å². The van der Waals surface area contributed by atoms with Crippen molar-refractivity contribution < 1.29 is 9.47 Å². The number of hydrogen-bond donors (Lipinski definition) is 0. The van der Waals surface area contributed by atoms with Gasteiger partial charge in [0.1, 0.15) is 6.61 Å². The first-order chi connectivity index (χ1) is 21.4. The lowest BCUT2D eigenvalue weighted by Crippen LogP contribution is -2.33. The van der Waals surface area contributed by atoms with Crippen molar-refractivity contribution in [1.29, 1.82) is 0 Å². The van der Waals surface area contributed by atoms with Gasteiger partial charge >= 0.3 is 0 Å². The smallest absolute Gasteiger partial charge is 0.233 e. The molecule has 2 saturated heterocycles. The van der Waals surface area contributed by atoms with Crippen LogP contribution in [0.3, 0.4) is 0 Å². The van der Waals surface area contributed by atoms with E-state index < -0.39 is 0 Å². The molecule has 0 atom stereocenters. The number of halogens is 4. The molecule has 8 nitrogen and oxygen atoms in total. The van der Waals surface area contributed by atoms with Gasteiger partial charge in [0.2, 0.25) is 11.8 Å². The summed E-state index contributed by atoms with van der Waals surface area (Å²) in [6, 6.07) is 14.6. The van der Waals surface area contributed by atoms with Crippen LogP contribution < -0.4 is 9.47 Å². The molecule has 12 heteroatoms. The number of aromatic nitrogens is 4. The minimum absolute atomic E-state index is 0.516. The summed E-state index contributed by atoms with van der Waals surface area (Å²) >= 11 is 23.9. The Bertz CT molecular complexity index is 1470. The fourth-order valence-electron chi connectivity index (χ4n) is 5.24.